The highest BCUT2D eigenvalue weighted by Crippen LogP contribution is 2.63. The summed E-state index contributed by atoms with van der Waals surface area (Å²) in [7, 11) is 0. The summed E-state index contributed by atoms with van der Waals surface area (Å²) in [5.41, 5.74) is -16.0. The van der Waals surface area contributed by atoms with Crippen LogP contribution in [0.25, 0.3) is 0 Å². The molecular weight excluding hydrogens is 351 g/mol. The molecule has 13 heteroatoms. The quantitative estimate of drug-likeness (QED) is 0.369. The Balaban J connectivity index is 4.95. The van der Waals surface area contributed by atoms with Crippen LogP contribution in [0.2, 0.25) is 0 Å². The Kier molecular flexibility index (Phi) is 5.60. The fourth-order valence-electron chi connectivity index (χ4n) is 0.477. The molecule has 0 atom stereocenters. The highest BCUT2D eigenvalue weighted by Gasteiger charge is 2.55. The molecule has 0 aromatic heterocycles. The van der Waals surface area contributed by atoms with Gasteiger partial charge in [0, 0.05) is 0 Å². The highest BCUT2D eigenvalue weighted by molar-refractivity contribution is 8.36. The van der Waals surface area contributed by atoms with Crippen molar-refractivity contribution in [2.45, 2.75) is 19.4 Å². The molecule has 104 valence electrons. The van der Waals surface area contributed by atoms with Gasteiger partial charge in [0.05, 0.1) is 0 Å². The fraction of sp³-hybridized carbons (Fsp3) is 1.00. The van der Waals surface area contributed by atoms with Gasteiger partial charge in [0.1, 0.15) is 0 Å². The van der Waals surface area contributed by atoms with Crippen molar-refractivity contribution in [1.82, 2.24) is 0 Å². The summed E-state index contributed by atoms with van der Waals surface area (Å²) in [6.45, 7) is 0. The first kappa shape index (κ1) is 17.7. The summed E-state index contributed by atoms with van der Waals surface area (Å²) >= 11 is -0.0501. The number of alkyl halides is 10. The van der Waals surface area contributed by atoms with Gasteiger partial charge in [-0.25, -0.2) is 0 Å². The van der Waals surface area contributed by atoms with E-state index >= 15 is 0 Å². The molecule has 0 heterocycles. The van der Waals surface area contributed by atoms with Gasteiger partial charge in [-0.15, -0.1) is 0 Å². The Labute approximate surface area is 106 Å². The second kappa shape index (κ2) is 5.37. The zero-order valence-electron chi connectivity index (χ0n) is 7.00. The third-order valence-corrected chi connectivity index (χ3v) is 4.33. The lowest BCUT2D eigenvalue weighted by molar-refractivity contribution is -0.0356. The largest absolute Gasteiger partial charge is 0.445 e. The number of thioether (sulfide) groups is 3. The molecule has 0 aromatic carbocycles. The van der Waals surface area contributed by atoms with Crippen LogP contribution in [0.1, 0.15) is 0 Å². The van der Waals surface area contributed by atoms with Gasteiger partial charge < -0.3 is 0 Å². The molecule has 0 aromatic rings. The lowest BCUT2D eigenvalue weighted by atomic mass is 11.5. The van der Waals surface area contributed by atoms with Gasteiger partial charge in [0.2, 0.25) is 2.87 Å². The van der Waals surface area contributed by atoms with Crippen LogP contribution >= 0.6 is 46.9 Å². The normalized spacial score (nSPS) is 15.2. The minimum atomic E-state index is -5.34. The van der Waals surface area contributed by atoms with Crippen LogP contribution < -0.4 is 0 Å². The summed E-state index contributed by atoms with van der Waals surface area (Å²) in [6, 6.07) is 0. The molecule has 0 spiro atoms. The second-order valence-electron chi connectivity index (χ2n) is 2.12. The molecule has 0 radical (unpaired) electrons. The Morgan fingerprint density at radius 3 is 0.824 bits per heavy atom. The maximum absolute atomic E-state index is 11.8. The van der Waals surface area contributed by atoms with Crippen LogP contribution in [0.3, 0.4) is 0 Å². The molecule has 0 aliphatic heterocycles. The zero-order chi connectivity index (χ0) is 14.1. The molecule has 0 saturated carbocycles. The van der Waals surface area contributed by atoms with Crippen LogP contribution in [0.15, 0.2) is 0 Å². The molecule has 0 rings (SSSR count). The third kappa shape index (κ3) is 10.3. The number of hydrogen-bond acceptors (Lipinski definition) is 3. The van der Waals surface area contributed by atoms with E-state index in [1.54, 1.807) is 0 Å². The van der Waals surface area contributed by atoms with Crippen molar-refractivity contribution in [2.24, 2.45) is 0 Å². The van der Waals surface area contributed by atoms with E-state index in [9.17, 15) is 39.5 Å². The first-order chi connectivity index (χ1) is 7.12. The van der Waals surface area contributed by atoms with Gasteiger partial charge >= 0.3 is 16.5 Å². The van der Waals surface area contributed by atoms with Gasteiger partial charge in [-0.2, -0.15) is 39.5 Å². The standard InChI is InChI=1S/C4ClF9S3/c5-1(15-2(6,7)8,16-3(9,10)11)17-4(12,13)14. The number of hydrogen-bond donors (Lipinski definition) is 0. The molecule has 0 saturated heterocycles. The first-order valence-corrected chi connectivity index (χ1v) is 5.94. The Bertz CT molecular complexity index is 214. The molecule has 0 aliphatic rings. The van der Waals surface area contributed by atoms with E-state index < -0.39 is 54.7 Å². The van der Waals surface area contributed by atoms with Gasteiger partial charge in [-0.3, -0.25) is 0 Å². The molecule has 17 heavy (non-hydrogen) atoms. The van der Waals surface area contributed by atoms with Crippen molar-refractivity contribution in [2.75, 3.05) is 0 Å². The maximum Gasteiger partial charge on any atom is 0.445 e. The van der Waals surface area contributed by atoms with Crippen molar-refractivity contribution in [1.29, 1.82) is 0 Å². The Hall–Kier alpha value is 0.710. The molecule has 0 N–H and O–H groups in total. The molecule has 0 bridgehead atoms. The van der Waals surface area contributed by atoms with Crippen molar-refractivity contribution in [3.8, 4) is 0 Å². The average molecular weight is 351 g/mol. The smallest absolute Gasteiger partial charge is 0.160 e. The van der Waals surface area contributed by atoms with E-state index in [-0.39, 0.29) is 0 Å². The van der Waals surface area contributed by atoms with Crippen LogP contribution in [0.4, 0.5) is 39.5 Å². The van der Waals surface area contributed by atoms with Gasteiger partial charge in [-0.1, -0.05) is 11.6 Å². The summed E-state index contributed by atoms with van der Waals surface area (Å²) in [5.74, 6) is 0. The van der Waals surface area contributed by atoms with Gasteiger partial charge in [-0.05, 0) is 35.3 Å². The van der Waals surface area contributed by atoms with Crippen LogP contribution in [-0.2, 0) is 0 Å². The molecule has 0 amide bonds. The van der Waals surface area contributed by atoms with E-state index in [0.29, 0.717) is 0 Å². The van der Waals surface area contributed by atoms with Crippen molar-refractivity contribution in [3.63, 3.8) is 0 Å². The van der Waals surface area contributed by atoms with E-state index in [4.69, 9.17) is 11.6 Å². The topological polar surface area (TPSA) is 0 Å². The van der Waals surface area contributed by atoms with E-state index in [2.05, 4.69) is 0 Å². The van der Waals surface area contributed by atoms with E-state index in [1.165, 1.54) is 0 Å². The van der Waals surface area contributed by atoms with Crippen LogP contribution in [0, 0.1) is 0 Å². The number of rotatable bonds is 3. The summed E-state index contributed by atoms with van der Waals surface area (Å²) in [5, 5.41) is 0. The lowest BCUT2D eigenvalue weighted by Crippen LogP contribution is -2.23. The Morgan fingerprint density at radius 2 is 0.706 bits per heavy atom. The maximum atomic E-state index is 11.8. The molecule has 0 fully saturated rings. The molecule has 0 unspecified atom stereocenters. The van der Waals surface area contributed by atoms with Crippen LogP contribution in [0.5, 0.6) is 0 Å². The minimum absolute atomic E-state index is 1.59. The fourth-order valence-corrected chi connectivity index (χ4v) is 4.29. The Morgan fingerprint density at radius 1 is 0.529 bits per heavy atom. The van der Waals surface area contributed by atoms with Crippen molar-refractivity contribution in [3.05, 3.63) is 0 Å². The average Bonchev–Trinajstić information content (AvgIpc) is 1.65. The SMILES string of the molecule is FC(F)(F)SC(Cl)(SC(F)(F)F)SC(F)(F)F. The van der Waals surface area contributed by atoms with Crippen molar-refractivity contribution >= 4 is 46.9 Å². The second-order valence-corrected chi connectivity index (χ2v) is 7.98. The predicted molar refractivity (Wildman–Crippen MR) is 49.5 cm³/mol. The van der Waals surface area contributed by atoms with E-state index in [1.807, 2.05) is 0 Å². The molecular formula is C4ClF9S3. The summed E-state index contributed by atoms with van der Waals surface area (Å²) < 4.78 is 103. The van der Waals surface area contributed by atoms with Gasteiger partial charge in [0.25, 0.3) is 0 Å². The first-order valence-electron chi connectivity index (χ1n) is 3.11. The van der Waals surface area contributed by atoms with Crippen LogP contribution in [-0.4, -0.2) is 19.4 Å². The lowest BCUT2D eigenvalue weighted by Gasteiger charge is -2.27. The molecule has 0 nitrogen and oxygen atoms in total. The zero-order valence-corrected chi connectivity index (χ0v) is 10.2. The summed E-state index contributed by atoms with van der Waals surface area (Å²) in [6.07, 6.45) is 0. The number of halogens is 10. The molecule has 0 aliphatic carbocycles. The van der Waals surface area contributed by atoms with E-state index in [0.717, 1.165) is 0 Å². The third-order valence-electron chi connectivity index (χ3n) is 0.713. The van der Waals surface area contributed by atoms with Gasteiger partial charge in [0.15, 0.2) is 0 Å². The monoisotopic (exact) mass is 350 g/mol. The minimum Gasteiger partial charge on any atom is -0.160 e. The highest BCUT2D eigenvalue weighted by atomic mass is 35.5. The summed E-state index contributed by atoms with van der Waals surface area (Å²) in [4.78, 5) is 0. The van der Waals surface area contributed by atoms with Crippen molar-refractivity contribution < 1.29 is 39.5 Å². The predicted octanol–water partition coefficient (Wildman–Crippen LogP) is 5.60.